The fourth-order valence-corrected chi connectivity index (χ4v) is 3.40. The third-order valence-electron chi connectivity index (χ3n) is 5.06. The lowest BCUT2D eigenvalue weighted by Gasteiger charge is -2.23. The van der Waals surface area contributed by atoms with E-state index < -0.39 is 5.97 Å². The number of aliphatic carboxylic acids is 1. The molecule has 0 saturated heterocycles. The predicted molar refractivity (Wildman–Crippen MR) is 114 cm³/mol. The van der Waals surface area contributed by atoms with Gasteiger partial charge in [-0.3, -0.25) is 4.79 Å². The first kappa shape index (κ1) is 23.3. The van der Waals surface area contributed by atoms with Gasteiger partial charge in [-0.25, -0.2) is 0 Å². The summed E-state index contributed by atoms with van der Waals surface area (Å²) in [6.07, 6.45) is 7.93. The molecule has 0 fully saturated rings. The molecule has 3 nitrogen and oxygen atoms in total. The molecule has 1 aromatic carbocycles. The molecule has 0 aliphatic rings. The second kappa shape index (κ2) is 11.2. The number of hydrogen-bond donors (Lipinski definition) is 1. The molecule has 1 rings (SSSR count). The molecular weight excluding hydrogens is 336 g/mol. The lowest BCUT2D eigenvalue weighted by Crippen LogP contribution is -2.19. The summed E-state index contributed by atoms with van der Waals surface area (Å²) < 4.78 is 5.90. The molecule has 0 aliphatic heterocycles. The monoisotopic (exact) mass is 374 g/mol. The molecule has 27 heavy (non-hydrogen) atoms. The van der Waals surface area contributed by atoms with Crippen molar-refractivity contribution in [2.75, 3.05) is 6.61 Å². The molecule has 1 aromatic rings. The molecule has 0 unspecified atom stereocenters. The Labute approximate surface area is 165 Å². The minimum absolute atomic E-state index is 0.0477. The van der Waals surface area contributed by atoms with Crippen LogP contribution >= 0.6 is 0 Å². The highest BCUT2D eigenvalue weighted by Crippen LogP contribution is 2.32. The fourth-order valence-electron chi connectivity index (χ4n) is 3.40. The molecular formula is C24H38O3. The number of aryl methyl sites for hydroxylation is 1. The van der Waals surface area contributed by atoms with Gasteiger partial charge < -0.3 is 9.84 Å². The van der Waals surface area contributed by atoms with Crippen molar-refractivity contribution in [3.63, 3.8) is 0 Å². The Bertz CT molecular complexity index is 596. The third-order valence-corrected chi connectivity index (χ3v) is 5.06. The molecule has 0 radical (unpaired) electrons. The van der Waals surface area contributed by atoms with Gasteiger partial charge in [0.2, 0.25) is 0 Å². The average molecular weight is 375 g/mol. The zero-order valence-corrected chi connectivity index (χ0v) is 17.9. The largest absolute Gasteiger partial charge is 0.489 e. The van der Waals surface area contributed by atoms with Crippen LogP contribution in [0, 0.1) is 11.8 Å². The van der Waals surface area contributed by atoms with Crippen LogP contribution in [0.1, 0.15) is 77.8 Å². The van der Waals surface area contributed by atoms with Crippen molar-refractivity contribution < 1.29 is 14.6 Å². The Hall–Kier alpha value is -1.77. The van der Waals surface area contributed by atoms with E-state index in [1.807, 2.05) is 13.8 Å². The molecule has 1 N–H and O–H groups in total. The lowest BCUT2D eigenvalue weighted by atomic mass is 9.85. The van der Waals surface area contributed by atoms with Gasteiger partial charge in [-0.15, -0.1) is 0 Å². The summed E-state index contributed by atoms with van der Waals surface area (Å²) in [7, 11) is 0. The smallest absolute Gasteiger partial charge is 0.306 e. The van der Waals surface area contributed by atoms with Crippen LogP contribution in [0.2, 0.25) is 0 Å². The Balaban J connectivity index is 2.50. The summed E-state index contributed by atoms with van der Waals surface area (Å²) in [6.45, 7) is 14.8. The van der Waals surface area contributed by atoms with Crippen molar-refractivity contribution in [3.8, 4) is 5.75 Å². The maximum absolute atomic E-state index is 11.2. The van der Waals surface area contributed by atoms with Gasteiger partial charge >= 0.3 is 5.97 Å². The normalized spacial score (nSPS) is 12.8. The van der Waals surface area contributed by atoms with Crippen molar-refractivity contribution in [2.24, 2.45) is 11.8 Å². The maximum Gasteiger partial charge on any atom is 0.306 e. The number of carboxylic acid groups (broad SMARTS) is 1. The van der Waals surface area contributed by atoms with Crippen molar-refractivity contribution >= 4 is 5.97 Å². The SMILES string of the molecule is C=CCOc1cc(CCCCCC[C@H](C(=O)O)C(C)C)ccc1C(C)(C)C. The summed E-state index contributed by atoms with van der Waals surface area (Å²) >= 11 is 0. The molecule has 152 valence electrons. The zero-order valence-electron chi connectivity index (χ0n) is 17.9. The van der Waals surface area contributed by atoms with E-state index in [2.05, 4.69) is 45.5 Å². The first-order valence-corrected chi connectivity index (χ1v) is 10.3. The lowest BCUT2D eigenvalue weighted by molar-refractivity contribution is -0.143. The van der Waals surface area contributed by atoms with E-state index in [0.29, 0.717) is 6.61 Å². The van der Waals surface area contributed by atoms with Crippen LogP contribution in [0.3, 0.4) is 0 Å². The molecule has 0 aliphatic carbocycles. The number of rotatable bonds is 12. The van der Waals surface area contributed by atoms with E-state index >= 15 is 0 Å². The van der Waals surface area contributed by atoms with Crippen molar-refractivity contribution in [2.45, 2.75) is 78.6 Å². The molecule has 1 atom stereocenters. The summed E-state index contributed by atoms with van der Waals surface area (Å²) in [4.78, 5) is 11.2. The van der Waals surface area contributed by atoms with E-state index in [-0.39, 0.29) is 17.3 Å². The number of hydrogen-bond acceptors (Lipinski definition) is 2. The minimum atomic E-state index is -0.656. The van der Waals surface area contributed by atoms with Gasteiger partial charge in [-0.05, 0) is 47.8 Å². The first-order chi connectivity index (χ1) is 12.7. The van der Waals surface area contributed by atoms with Crippen molar-refractivity contribution in [1.29, 1.82) is 0 Å². The number of ether oxygens (including phenoxy) is 1. The van der Waals surface area contributed by atoms with Crippen LogP contribution < -0.4 is 4.74 Å². The Morgan fingerprint density at radius 3 is 2.41 bits per heavy atom. The van der Waals surface area contributed by atoms with E-state index in [1.54, 1.807) is 6.08 Å². The van der Waals surface area contributed by atoms with Crippen molar-refractivity contribution in [3.05, 3.63) is 42.0 Å². The van der Waals surface area contributed by atoms with Gasteiger partial charge in [-0.1, -0.05) is 78.7 Å². The fraction of sp³-hybridized carbons (Fsp3) is 0.625. The van der Waals surface area contributed by atoms with E-state index in [4.69, 9.17) is 4.74 Å². The molecule has 0 aromatic heterocycles. The standard InChI is InChI=1S/C24H38O3/c1-7-16-27-22-17-19(14-15-21(22)24(4,5)6)12-10-8-9-11-13-20(18(2)3)23(25)26/h7,14-15,17-18,20H,1,8-13,16H2,2-6H3,(H,25,26)/t20-/m0/s1. The average Bonchev–Trinajstić information content (AvgIpc) is 2.57. The Morgan fingerprint density at radius 1 is 1.19 bits per heavy atom. The van der Waals surface area contributed by atoms with Crippen LogP contribution in [-0.4, -0.2) is 17.7 Å². The highest BCUT2D eigenvalue weighted by atomic mass is 16.5. The van der Waals surface area contributed by atoms with E-state index in [0.717, 1.165) is 44.3 Å². The van der Waals surface area contributed by atoms with Crippen LogP contribution in [0.4, 0.5) is 0 Å². The second-order valence-electron chi connectivity index (χ2n) is 8.82. The quantitative estimate of drug-likeness (QED) is 0.340. The van der Waals surface area contributed by atoms with Gasteiger partial charge in [0.1, 0.15) is 12.4 Å². The van der Waals surface area contributed by atoms with Crippen LogP contribution in [0.25, 0.3) is 0 Å². The zero-order chi connectivity index (χ0) is 20.4. The van der Waals surface area contributed by atoms with Crippen LogP contribution in [-0.2, 0) is 16.6 Å². The van der Waals surface area contributed by atoms with Gasteiger partial charge in [-0.2, -0.15) is 0 Å². The summed E-state index contributed by atoms with van der Waals surface area (Å²) in [5, 5.41) is 9.24. The van der Waals surface area contributed by atoms with Crippen LogP contribution in [0.5, 0.6) is 5.75 Å². The molecule has 0 amide bonds. The number of unbranched alkanes of at least 4 members (excludes halogenated alkanes) is 3. The summed E-state index contributed by atoms with van der Waals surface area (Å²) in [6, 6.07) is 6.57. The van der Waals surface area contributed by atoms with Crippen LogP contribution in [0.15, 0.2) is 30.9 Å². The summed E-state index contributed by atoms with van der Waals surface area (Å²) in [5.74, 6) is 0.300. The highest BCUT2D eigenvalue weighted by Gasteiger charge is 2.21. The Morgan fingerprint density at radius 2 is 1.85 bits per heavy atom. The minimum Gasteiger partial charge on any atom is -0.489 e. The van der Waals surface area contributed by atoms with E-state index in [9.17, 15) is 9.90 Å². The van der Waals surface area contributed by atoms with E-state index in [1.165, 1.54) is 11.1 Å². The number of benzene rings is 1. The second-order valence-corrected chi connectivity index (χ2v) is 8.82. The van der Waals surface area contributed by atoms with Gasteiger partial charge in [0.15, 0.2) is 0 Å². The van der Waals surface area contributed by atoms with Gasteiger partial charge in [0.05, 0.1) is 5.92 Å². The topological polar surface area (TPSA) is 46.5 Å². The molecule has 0 bridgehead atoms. The van der Waals surface area contributed by atoms with Gasteiger partial charge in [0, 0.05) is 0 Å². The summed E-state index contributed by atoms with van der Waals surface area (Å²) in [5.41, 5.74) is 2.57. The molecule has 0 saturated carbocycles. The van der Waals surface area contributed by atoms with Gasteiger partial charge in [0.25, 0.3) is 0 Å². The third kappa shape index (κ3) is 8.19. The Kier molecular flexibility index (Phi) is 9.62. The van der Waals surface area contributed by atoms with Crippen molar-refractivity contribution in [1.82, 2.24) is 0 Å². The predicted octanol–water partition coefficient (Wildman–Crippen LogP) is 6.40. The number of carboxylic acids is 1. The molecule has 0 spiro atoms. The molecule has 0 heterocycles. The number of carbonyl (C=O) groups is 1. The highest BCUT2D eigenvalue weighted by molar-refractivity contribution is 5.70. The first-order valence-electron chi connectivity index (χ1n) is 10.3. The molecule has 3 heteroatoms. The maximum atomic E-state index is 11.2.